The Morgan fingerprint density at radius 1 is 1.33 bits per heavy atom. The molecule has 0 amide bonds. The largest absolute Gasteiger partial charge is 0.508 e. The maximum absolute atomic E-state index is 9.11. The molecule has 2 aromatic rings. The molecule has 0 spiro atoms. The predicted octanol–water partition coefficient (Wildman–Crippen LogP) is 1.59. The van der Waals surface area contributed by atoms with Crippen molar-refractivity contribution in [2.75, 3.05) is 7.11 Å². The predicted molar refractivity (Wildman–Crippen MR) is 52.1 cm³/mol. The van der Waals surface area contributed by atoms with Crippen molar-refractivity contribution in [3.63, 3.8) is 0 Å². The molecule has 0 saturated carbocycles. The second-order valence-electron chi connectivity index (χ2n) is 3.00. The van der Waals surface area contributed by atoms with Gasteiger partial charge < -0.3 is 14.4 Å². The van der Waals surface area contributed by atoms with Crippen LogP contribution in [0.3, 0.4) is 0 Å². The van der Waals surface area contributed by atoms with Crippen molar-refractivity contribution in [2.45, 2.75) is 6.61 Å². The molecule has 78 valence electrons. The van der Waals surface area contributed by atoms with Gasteiger partial charge in [0.15, 0.2) is 5.82 Å². The molecule has 1 N–H and O–H groups in total. The van der Waals surface area contributed by atoms with E-state index in [2.05, 4.69) is 10.1 Å². The lowest BCUT2D eigenvalue weighted by molar-refractivity contribution is 0.174. The van der Waals surface area contributed by atoms with Crippen molar-refractivity contribution in [3.05, 3.63) is 30.1 Å². The van der Waals surface area contributed by atoms with Gasteiger partial charge in [-0.3, -0.25) is 0 Å². The Balaban J connectivity index is 2.25. The second kappa shape index (κ2) is 4.10. The number of nitrogens with zero attached hydrogens (tertiary/aromatic N) is 2. The molecule has 1 heterocycles. The van der Waals surface area contributed by atoms with Crippen LogP contribution in [-0.4, -0.2) is 22.4 Å². The van der Waals surface area contributed by atoms with Crippen molar-refractivity contribution in [1.29, 1.82) is 0 Å². The molecular weight excluding hydrogens is 196 g/mol. The van der Waals surface area contributed by atoms with Gasteiger partial charge in [0, 0.05) is 12.7 Å². The minimum atomic E-state index is 0.204. The molecule has 0 unspecified atom stereocenters. The van der Waals surface area contributed by atoms with Gasteiger partial charge in [0.25, 0.3) is 5.89 Å². The van der Waals surface area contributed by atoms with E-state index in [1.807, 2.05) is 0 Å². The summed E-state index contributed by atoms with van der Waals surface area (Å²) in [5.41, 5.74) is 0.766. The summed E-state index contributed by atoms with van der Waals surface area (Å²) in [4.78, 5) is 4.12. The third-order valence-corrected chi connectivity index (χ3v) is 1.86. The number of rotatable bonds is 3. The van der Waals surface area contributed by atoms with Gasteiger partial charge >= 0.3 is 0 Å². The highest BCUT2D eigenvalue weighted by Crippen LogP contribution is 2.19. The van der Waals surface area contributed by atoms with Gasteiger partial charge in [-0.2, -0.15) is 4.98 Å². The molecule has 0 radical (unpaired) electrons. The van der Waals surface area contributed by atoms with Crippen molar-refractivity contribution < 1.29 is 14.4 Å². The standard InChI is InChI=1S/C10H10N2O3/c1-14-6-9-11-10(15-12-9)7-2-4-8(13)5-3-7/h2-5,13H,6H2,1H3. The van der Waals surface area contributed by atoms with Gasteiger partial charge in [-0.15, -0.1) is 0 Å². The van der Waals surface area contributed by atoms with Crippen LogP contribution in [0, 0.1) is 0 Å². The van der Waals surface area contributed by atoms with E-state index in [0.717, 1.165) is 5.56 Å². The number of phenols is 1. The van der Waals surface area contributed by atoms with Crippen LogP contribution in [0.4, 0.5) is 0 Å². The number of phenolic OH excluding ortho intramolecular Hbond substituents is 1. The van der Waals surface area contributed by atoms with E-state index in [0.29, 0.717) is 18.3 Å². The van der Waals surface area contributed by atoms with Crippen molar-refractivity contribution >= 4 is 0 Å². The Hall–Kier alpha value is -1.88. The van der Waals surface area contributed by atoms with E-state index in [4.69, 9.17) is 14.4 Å². The zero-order valence-electron chi connectivity index (χ0n) is 8.17. The molecular formula is C10H10N2O3. The van der Waals surface area contributed by atoms with Gasteiger partial charge in [0.1, 0.15) is 12.4 Å². The fourth-order valence-corrected chi connectivity index (χ4v) is 1.16. The van der Waals surface area contributed by atoms with Crippen LogP contribution in [0.25, 0.3) is 11.5 Å². The summed E-state index contributed by atoms with van der Waals surface area (Å²) in [5, 5.41) is 12.8. The maximum Gasteiger partial charge on any atom is 0.258 e. The zero-order valence-corrected chi connectivity index (χ0v) is 8.17. The first-order valence-corrected chi connectivity index (χ1v) is 4.40. The highest BCUT2D eigenvalue weighted by molar-refractivity contribution is 5.53. The molecule has 1 aromatic heterocycles. The second-order valence-corrected chi connectivity index (χ2v) is 3.00. The Bertz CT molecular complexity index is 436. The monoisotopic (exact) mass is 206 g/mol. The van der Waals surface area contributed by atoms with Crippen molar-refractivity contribution in [2.24, 2.45) is 0 Å². The molecule has 0 saturated heterocycles. The number of aromatic nitrogens is 2. The summed E-state index contributed by atoms with van der Waals surface area (Å²) >= 11 is 0. The van der Waals surface area contributed by atoms with Crippen LogP contribution in [0.5, 0.6) is 5.75 Å². The molecule has 5 nitrogen and oxygen atoms in total. The molecule has 0 aliphatic heterocycles. The average Bonchev–Trinajstić information content (AvgIpc) is 2.68. The van der Waals surface area contributed by atoms with Crippen LogP contribution < -0.4 is 0 Å². The smallest absolute Gasteiger partial charge is 0.258 e. The van der Waals surface area contributed by atoms with Gasteiger partial charge in [0.05, 0.1) is 0 Å². The summed E-state index contributed by atoms with van der Waals surface area (Å²) in [6.45, 7) is 0.321. The van der Waals surface area contributed by atoms with E-state index < -0.39 is 0 Å². The summed E-state index contributed by atoms with van der Waals surface area (Å²) in [6, 6.07) is 6.55. The number of hydrogen-bond donors (Lipinski definition) is 1. The number of methoxy groups -OCH3 is 1. The lowest BCUT2D eigenvalue weighted by atomic mass is 10.2. The average molecular weight is 206 g/mol. The minimum Gasteiger partial charge on any atom is -0.508 e. The topological polar surface area (TPSA) is 68.4 Å². The van der Waals surface area contributed by atoms with Crippen LogP contribution in [0.1, 0.15) is 5.82 Å². The van der Waals surface area contributed by atoms with E-state index in [1.165, 1.54) is 0 Å². The summed E-state index contributed by atoms with van der Waals surface area (Å²) < 4.78 is 9.89. The first-order chi connectivity index (χ1) is 7.29. The molecule has 0 atom stereocenters. The SMILES string of the molecule is COCc1noc(-c2ccc(O)cc2)n1. The molecule has 0 fully saturated rings. The third-order valence-electron chi connectivity index (χ3n) is 1.86. The number of hydrogen-bond acceptors (Lipinski definition) is 5. The maximum atomic E-state index is 9.11. The van der Waals surface area contributed by atoms with E-state index in [-0.39, 0.29) is 5.75 Å². The van der Waals surface area contributed by atoms with Crippen molar-refractivity contribution in [3.8, 4) is 17.2 Å². The van der Waals surface area contributed by atoms with E-state index >= 15 is 0 Å². The summed E-state index contributed by atoms with van der Waals surface area (Å²) in [5.74, 6) is 1.12. The van der Waals surface area contributed by atoms with Crippen LogP contribution in [0.2, 0.25) is 0 Å². The summed E-state index contributed by atoms with van der Waals surface area (Å²) in [6.07, 6.45) is 0. The lowest BCUT2D eigenvalue weighted by Gasteiger charge is -1.93. The molecule has 5 heteroatoms. The molecule has 2 rings (SSSR count). The van der Waals surface area contributed by atoms with Crippen LogP contribution in [-0.2, 0) is 11.3 Å². The quantitative estimate of drug-likeness (QED) is 0.825. The number of benzene rings is 1. The Labute approximate surface area is 86.3 Å². The lowest BCUT2D eigenvalue weighted by Crippen LogP contribution is -1.89. The Morgan fingerprint density at radius 3 is 2.73 bits per heavy atom. The molecule has 0 bridgehead atoms. The highest BCUT2D eigenvalue weighted by atomic mass is 16.5. The molecule has 1 aromatic carbocycles. The van der Waals surface area contributed by atoms with Crippen molar-refractivity contribution in [1.82, 2.24) is 10.1 Å². The van der Waals surface area contributed by atoms with Crippen LogP contribution in [0.15, 0.2) is 28.8 Å². The summed E-state index contributed by atoms with van der Waals surface area (Å²) in [7, 11) is 1.57. The fourth-order valence-electron chi connectivity index (χ4n) is 1.16. The van der Waals surface area contributed by atoms with Gasteiger partial charge in [-0.25, -0.2) is 0 Å². The third kappa shape index (κ3) is 2.13. The number of aromatic hydroxyl groups is 1. The Kier molecular flexibility index (Phi) is 2.64. The van der Waals surface area contributed by atoms with E-state index in [9.17, 15) is 0 Å². The van der Waals surface area contributed by atoms with Gasteiger partial charge in [-0.05, 0) is 24.3 Å². The fraction of sp³-hybridized carbons (Fsp3) is 0.200. The first-order valence-electron chi connectivity index (χ1n) is 4.40. The van der Waals surface area contributed by atoms with E-state index in [1.54, 1.807) is 31.4 Å². The molecule has 0 aliphatic carbocycles. The highest BCUT2D eigenvalue weighted by Gasteiger charge is 2.07. The normalized spacial score (nSPS) is 10.5. The molecule has 15 heavy (non-hydrogen) atoms. The first kappa shape index (κ1) is 9.67. The van der Waals surface area contributed by atoms with Gasteiger partial charge in [-0.1, -0.05) is 5.16 Å². The Morgan fingerprint density at radius 2 is 2.07 bits per heavy atom. The van der Waals surface area contributed by atoms with Crippen LogP contribution >= 0.6 is 0 Å². The zero-order chi connectivity index (χ0) is 10.7. The minimum absolute atomic E-state index is 0.204. The van der Waals surface area contributed by atoms with Gasteiger partial charge in [0.2, 0.25) is 0 Å². The number of ether oxygens (including phenoxy) is 1. The molecule has 0 aliphatic rings.